The van der Waals surface area contributed by atoms with Gasteiger partial charge in [0.1, 0.15) is 11.4 Å². The molecule has 5 nitrogen and oxygen atoms in total. The SMILES string of the molecule is CC(C)CCNC(=O)c1cnn(-c2ccc(F)cc2)c1-n1cccc1. The van der Waals surface area contributed by atoms with Crippen molar-refractivity contribution in [2.75, 3.05) is 6.54 Å². The molecule has 1 aromatic carbocycles. The molecule has 0 saturated heterocycles. The van der Waals surface area contributed by atoms with E-state index in [0.717, 1.165) is 6.42 Å². The van der Waals surface area contributed by atoms with E-state index in [0.29, 0.717) is 29.5 Å². The van der Waals surface area contributed by atoms with Gasteiger partial charge < -0.3 is 9.88 Å². The van der Waals surface area contributed by atoms with Gasteiger partial charge in [-0.15, -0.1) is 0 Å². The Morgan fingerprint density at radius 3 is 2.52 bits per heavy atom. The minimum Gasteiger partial charge on any atom is -0.352 e. The molecule has 1 N–H and O–H groups in total. The number of hydrogen-bond acceptors (Lipinski definition) is 2. The molecule has 0 radical (unpaired) electrons. The van der Waals surface area contributed by atoms with Crippen LogP contribution in [-0.2, 0) is 0 Å². The van der Waals surface area contributed by atoms with Crippen molar-refractivity contribution in [1.82, 2.24) is 19.7 Å². The zero-order valence-corrected chi connectivity index (χ0v) is 14.3. The van der Waals surface area contributed by atoms with Gasteiger partial charge in [0.15, 0.2) is 5.82 Å². The number of rotatable bonds is 6. The van der Waals surface area contributed by atoms with Crippen LogP contribution in [-0.4, -0.2) is 26.8 Å². The molecule has 2 heterocycles. The minimum atomic E-state index is -0.315. The Hall–Kier alpha value is -2.89. The standard InChI is InChI=1S/C19H21FN4O/c1-14(2)9-10-21-18(25)17-13-22-24(16-7-5-15(20)6-8-16)19(17)23-11-3-4-12-23/h3-8,11-14H,9-10H2,1-2H3,(H,21,25). The Bertz CT molecular complexity index is 835. The first kappa shape index (κ1) is 17.0. The summed E-state index contributed by atoms with van der Waals surface area (Å²) in [5, 5.41) is 7.29. The second-order valence-corrected chi connectivity index (χ2v) is 6.30. The highest BCUT2D eigenvalue weighted by Gasteiger charge is 2.19. The van der Waals surface area contributed by atoms with Gasteiger partial charge in [-0.3, -0.25) is 4.79 Å². The average molecular weight is 340 g/mol. The fourth-order valence-electron chi connectivity index (χ4n) is 2.57. The molecule has 6 heteroatoms. The predicted molar refractivity (Wildman–Crippen MR) is 94.6 cm³/mol. The van der Waals surface area contributed by atoms with Crippen molar-refractivity contribution >= 4 is 5.91 Å². The quantitative estimate of drug-likeness (QED) is 0.746. The summed E-state index contributed by atoms with van der Waals surface area (Å²) in [5.41, 5.74) is 1.16. The van der Waals surface area contributed by atoms with E-state index in [2.05, 4.69) is 24.3 Å². The van der Waals surface area contributed by atoms with E-state index >= 15 is 0 Å². The lowest BCUT2D eigenvalue weighted by molar-refractivity contribution is 0.0952. The van der Waals surface area contributed by atoms with Crippen molar-refractivity contribution in [3.63, 3.8) is 0 Å². The van der Waals surface area contributed by atoms with Crippen molar-refractivity contribution in [1.29, 1.82) is 0 Å². The van der Waals surface area contributed by atoms with Crippen LogP contribution in [0.15, 0.2) is 55.0 Å². The van der Waals surface area contributed by atoms with Crippen LogP contribution in [0.1, 0.15) is 30.6 Å². The summed E-state index contributed by atoms with van der Waals surface area (Å²) in [6.07, 6.45) is 6.16. The summed E-state index contributed by atoms with van der Waals surface area (Å²) in [7, 11) is 0. The van der Waals surface area contributed by atoms with Gasteiger partial charge in [-0.05, 0) is 48.7 Å². The third-order valence-corrected chi connectivity index (χ3v) is 3.92. The van der Waals surface area contributed by atoms with Crippen LogP contribution in [0.25, 0.3) is 11.5 Å². The Morgan fingerprint density at radius 1 is 1.20 bits per heavy atom. The fourth-order valence-corrected chi connectivity index (χ4v) is 2.57. The van der Waals surface area contributed by atoms with E-state index < -0.39 is 0 Å². The van der Waals surface area contributed by atoms with Crippen LogP contribution in [0.3, 0.4) is 0 Å². The highest BCUT2D eigenvalue weighted by atomic mass is 19.1. The molecule has 0 aliphatic carbocycles. The molecule has 1 amide bonds. The normalized spacial score (nSPS) is 11.0. The molecule has 0 saturated carbocycles. The van der Waals surface area contributed by atoms with E-state index in [4.69, 9.17) is 0 Å². The molecule has 0 aliphatic rings. The maximum Gasteiger partial charge on any atom is 0.256 e. The molecule has 3 rings (SSSR count). The van der Waals surface area contributed by atoms with E-state index in [1.165, 1.54) is 12.1 Å². The first-order valence-electron chi connectivity index (χ1n) is 8.32. The van der Waals surface area contributed by atoms with Crippen LogP contribution in [0.4, 0.5) is 4.39 Å². The number of carbonyl (C=O) groups is 1. The molecule has 25 heavy (non-hydrogen) atoms. The molecule has 0 bridgehead atoms. The lowest BCUT2D eigenvalue weighted by Crippen LogP contribution is -2.26. The summed E-state index contributed by atoms with van der Waals surface area (Å²) >= 11 is 0. The molecule has 3 aromatic rings. The second kappa shape index (κ2) is 7.34. The largest absolute Gasteiger partial charge is 0.352 e. The number of nitrogens with one attached hydrogen (secondary N) is 1. The zero-order chi connectivity index (χ0) is 17.8. The third-order valence-electron chi connectivity index (χ3n) is 3.92. The van der Waals surface area contributed by atoms with Gasteiger partial charge in [0.25, 0.3) is 5.91 Å². The lowest BCUT2D eigenvalue weighted by Gasteiger charge is -2.11. The van der Waals surface area contributed by atoms with Crippen LogP contribution in [0, 0.1) is 11.7 Å². The van der Waals surface area contributed by atoms with Crippen molar-refractivity contribution in [3.8, 4) is 11.5 Å². The van der Waals surface area contributed by atoms with Crippen LogP contribution < -0.4 is 5.32 Å². The molecule has 0 unspecified atom stereocenters. The van der Waals surface area contributed by atoms with Gasteiger partial charge in [0.2, 0.25) is 0 Å². The van der Waals surface area contributed by atoms with Gasteiger partial charge in [-0.25, -0.2) is 9.07 Å². The number of amides is 1. The van der Waals surface area contributed by atoms with Crippen molar-refractivity contribution in [2.24, 2.45) is 5.92 Å². The van der Waals surface area contributed by atoms with Gasteiger partial charge in [-0.1, -0.05) is 13.8 Å². The summed E-state index contributed by atoms with van der Waals surface area (Å²) in [5.74, 6) is 0.660. The lowest BCUT2D eigenvalue weighted by atomic mass is 10.1. The third kappa shape index (κ3) is 3.79. The Morgan fingerprint density at radius 2 is 1.88 bits per heavy atom. The van der Waals surface area contributed by atoms with Crippen LogP contribution in [0.2, 0.25) is 0 Å². The molecule has 0 fully saturated rings. The second-order valence-electron chi connectivity index (χ2n) is 6.30. The van der Waals surface area contributed by atoms with E-state index in [1.54, 1.807) is 23.0 Å². The number of halogens is 1. The van der Waals surface area contributed by atoms with Gasteiger partial charge >= 0.3 is 0 Å². The molecular formula is C19H21FN4O. The molecule has 0 spiro atoms. The highest BCUT2D eigenvalue weighted by Crippen LogP contribution is 2.20. The highest BCUT2D eigenvalue weighted by molar-refractivity contribution is 5.97. The summed E-state index contributed by atoms with van der Waals surface area (Å²) in [6, 6.07) is 9.77. The first-order chi connectivity index (χ1) is 12.1. The Kier molecular flexibility index (Phi) is 4.97. The Labute approximate surface area is 146 Å². The Balaban J connectivity index is 1.96. The maximum atomic E-state index is 13.2. The van der Waals surface area contributed by atoms with Crippen molar-refractivity contribution in [3.05, 3.63) is 66.4 Å². The molecule has 0 atom stereocenters. The maximum absolute atomic E-state index is 13.2. The molecular weight excluding hydrogens is 319 g/mol. The number of benzene rings is 1. The number of aromatic nitrogens is 3. The molecule has 0 aliphatic heterocycles. The summed E-state index contributed by atoms with van der Waals surface area (Å²) in [4.78, 5) is 12.6. The number of carbonyl (C=O) groups excluding carboxylic acids is 1. The summed E-state index contributed by atoms with van der Waals surface area (Å²) < 4.78 is 16.7. The average Bonchev–Trinajstić information content (AvgIpc) is 3.24. The monoisotopic (exact) mass is 340 g/mol. The van der Waals surface area contributed by atoms with Gasteiger partial charge in [0.05, 0.1) is 11.9 Å². The molecule has 130 valence electrons. The number of nitrogens with zero attached hydrogens (tertiary/aromatic N) is 3. The topological polar surface area (TPSA) is 51.9 Å². The van der Waals surface area contributed by atoms with Crippen molar-refractivity contribution in [2.45, 2.75) is 20.3 Å². The van der Waals surface area contributed by atoms with Crippen LogP contribution in [0.5, 0.6) is 0 Å². The smallest absolute Gasteiger partial charge is 0.256 e. The summed E-state index contributed by atoms with van der Waals surface area (Å²) in [6.45, 7) is 4.84. The molecule has 2 aromatic heterocycles. The van der Waals surface area contributed by atoms with E-state index in [1.807, 2.05) is 29.1 Å². The predicted octanol–water partition coefficient (Wildman–Crippen LogP) is 3.58. The minimum absolute atomic E-state index is 0.169. The first-order valence-corrected chi connectivity index (χ1v) is 8.32. The van der Waals surface area contributed by atoms with Crippen LogP contribution >= 0.6 is 0 Å². The zero-order valence-electron chi connectivity index (χ0n) is 14.3. The van der Waals surface area contributed by atoms with Gasteiger partial charge in [-0.2, -0.15) is 5.10 Å². The van der Waals surface area contributed by atoms with Gasteiger partial charge in [0, 0.05) is 18.9 Å². The van der Waals surface area contributed by atoms with E-state index in [9.17, 15) is 9.18 Å². The van der Waals surface area contributed by atoms with Crippen molar-refractivity contribution < 1.29 is 9.18 Å². The number of hydrogen-bond donors (Lipinski definition) is 1. The van der Waals surface area contributed by atoms with E-state index in [-0.39, 0.29) is 11.7 Å². The fraction of sp³-hybridized carbons (Fsp3) is 0.263.